The van der Waals surface area contributed by atoms with Crippen molar-refractivity contribution in [1.29, 1.82) is 0 Å². The third-order valence-electron chi connectivity index (χ3n) is 3.44. The molecule has 1 aromatic rings. The molecule has 0 bridgehead atoms. The number of pyridine rings is 1. The first kappa shape index (κ1) is 11.7. The van der Waals surface area contributed by atoms with E-state index in [0.29, 0.717) is 12.8 Å². The van der Waals surface area contributed by atoms with Crippen molar-refractivity contribution in [3.8, 4) is 0 Å². The number of carbonyl (C=O) groups is 2. The molecular formula is C12H14N2O3. The lowest BCUT2D eigenvalue weighted by Crippen LogP contribution is -2.52. The second-order valence-electron chi connectivity index (χ2n) is 4.18. The molecule has 5 nitrogen and oxygen atoms in total. The van der Waals surface area contributed by atoms with Gasteiger partial charge in [-0.05, 0) is 30.5 Å². The summed E-state index contributed by atoms with van der Waals surface area (Å²) in [5.74, 6) is -1.07. The Labute approximate surface area is 99.0 Å². The molecule has 2 rings (SSSR count). The average Bonchev–Trinajstić information content (AvgIpc) is 2.38. The minimum absolute atomic E-state index is 0.179. The van der Waals surface area contributed by atoms with Crippen LogP contribution in [0.25, 0.3) is 0 Å². The van der Waals surface area contributed by atoms with Gasteiger partial charge in [0.05, 0.1) is 5.41 Å². The van der Waals surface area contributed by atoms with Gasteiger partial charge in [-0.15, -0.1) is 0 Å². The molecular weight excluding hydrogens is 220 g/mol. The summed E-state index contributed by atoms with van der Waals surface area (Å²) < 4.78 is 0. The minimum Gasteiger partial charge on any atom is -0.278 e. The highest BCUT2D eigenvalue weighted by atomic mass is 16.5. The van der Waals surface area contributed by atoms with E-state index in [1.807, 2.05) is 6.92 Å². The molecule has 0 spiro atoms. The maximum Gasteiger partial charge on any atom is 0.263 e. The highest BCUT2D eigenvalue weighted by molar-refractivity contribution is 6.02. The first-order valence-corrected chi connectivity index (χ1v) is 5.58. The number of nitrogens with zero attached hydrogens (tertiary/aromatic N) is 2. The van der Waals surface area contributed by atoms with Gasteiger partial charge in [0, 0.05) is 18.8 Å². The molecule has 5 heteroatoms. The summed E-state index contributed by atoms with van der Waals surface area (Å²) in [5.41, 5.74) is -0.00227. The number of rotatable bonds is 2. The van der Waals surface area contributed by atoms with Crippen LogP contribution in [0.4, 0.5) is 0 Å². The van der Waals surface area contributed by atoms with Crippen molar-refractivity contribution < 1.29 is 14.8 Å². The van der Waals surface area contributed by atoms with Gasteiger partial charge in [0.2, 0.25) is 0 Å². The van der Waals surface area contributed by atoms with Crippen molar-refractivity contribution in [2.45, 2.75) is 31.6 Å². The molecule has 1 fully saturated rings. The van der Waals surface area contributed by atoms with Gasteiger partial charge < -0.3 is 0 Å². The summed E-state index contributed by atoms with van der Waals surface area (Å²) in [4.78, 5) is 27.3. The molecule has 1 N–H and O–H groups in total. The van der Waals surface area contributed by atoms with E-state index in [2.05, 4.69) is 4.98 Å². The Hall–Kier alpha value is -1.75. The molecule has 90 valence electrons. The summed E-state index contributed by atoms with van der Waals surface area (Å²) >= 11 is 0. The van der Waals surface area contributed by atoms with Crippen molar-refractivity contribution in [3.05, 3.63) is 30.1 Å². The summed E-state index contributed by atoms with van der Waals surface area (Å²) in [6, 6.07) is 3.51. The molecule has 2 heterocycles. The second kappa shape index (κ2) is 4.25. The lowest BCUT2D eigenvalue weighted by molar-refractivity contribution is -0.189. The summed E-state index contributed by atoms with van der Waals surface area (Å²) in [6.07, 6.45) is 4.37. The monoisotopic (exact) mass is 234 g/mol. The molecule has 1 saturated heterocycles. The van der Waals surface area contributed by atoms with Crippen molar-refractivity contribution in [3.63, 3.8) is 0 Å². The maximum atomic E-state index is 12.1. The summed E-state index contributed by atoms with van der Waals surface area (Å²) in [7, 11) is 0. The lowest BCUT2D eigenvalue weighted by atomic mass is 9.72. The molecule has 0 aliphatic carbocycles. The molecule has 0 saturated carbocycles. The van der Waals surface area contributed by atoms with Crippen LogP contribution in [0.5, 0.6) is 0 Å². The Morgan fingerprint density at radius 3 is 2.65 bits per heavy atom. The highest BCUT2D eigenvalue weighted by Crippen LogP contribution is 2.37. The van der Waals surface area contributed by atoms with Crippen LogP contribution < -0.4 is 0 Å². The van der Waals surface area contributed by atoms with Crippen LogP contribution in [-0.4, -0.2) is 27.1 Å². The van der Waals surface area contributed by atoms with Gasteiger partial charge >= 0.3 is 0 Å². The Morgan fingerprint density at radius 1 is 1.41 bits per heavy atom. The molecule has 1 aliphatic heterocycles. The van der Waals surface area contributed by atoms with Crippen molar-refractivity contribution in [2.24, 2.45) is 0 Å². The van der Waals surface area contributed by atoms with Gasteiger partial charge in [-0.2, -0.15) is 5.06 Å². The zero-order chi connectivity index (χ0) is 12.5. The van der Waals surface area contributed by atoms with E-state index in [-0.39, 0.29) is 11.5 Å². The minimum atomic E-state index is -0.800. The van der Waals surface area contributed by atoms with Crippen molar-refractivity contribution >= 4 is 11.8 Å². The van der Waals surface area contributed by atoms with Crippen molar-refractivity contribution in [1.82, 2.24) is 10.0 Å². The van der Waals surface area contributed by atoms with E-state index in [4.69, 9.17) is 0 Å². The summed E-state index contributed by atoms with van der Waals surface area (Å²) in [6.45, 7) is 1.88. The Kier molecular flexibility index (Phi) is 2.93. The topological polar surface area (TPSA) is 70.5 Å². The zero-order valence-corrected chi connectivity index (χ0v) is 9.59. The van der Waals surface area contributed by atoms with E-state index in [9.17, 15) is 14.8 Å². The molecule has 1 atom stereocenters. The second-order valence-corrected chi connectivity index (χ2v) is 4.18. The molecule has 2 amide bonds. The zero-order valence-electron chi connectivity index (χ0n) is 9.59. The fourth-order valence-electron chi connectivity index (χ4n) is 2.32. The van der Waals surface area contributed by atoms with E-state index in [1.54, 1.807) is 24.5 Å². The van der Waals surface area contributed by atoms with Gasteiger partial charge in [0.25, 0.3) is 11.8 Å². The van der Waals surface area contributed by atoms with Crippen LogP contribution in [0, 0.1) is 0 Å². The number of hydrogen-bond donors (Lipinski definition) is 1. The van der Waals surface area contributed by atoms with Crippen LogP contribution in [0.2, 0.25) is 0 Å². The van der Waals surface area contributed by atoms with E-state index >= 15 is 0 Å². The maximum absolute atomic E-state index is 12.1. The number of piperidine rings is 1. The number of imide groups is 1. The van der Waals surface area contributed by atoms with Gasteiger partial charge in [0.1, 0.15) is 0 Å². The normalized spacial score (nSPS) is 25.2. The number of carbonyl (C=O) groups excluding carboxylic acids is 2. The molecule has 1 unspecified atom stereocenters. The van der Waals surface area contributed by atoms with Crippen LogP contribution in [-0.2, 0) is 15.0 Å². The highest BCUT2D eigenvalue weighted by Gasteiger charge is 2.46. The number of aromatic nitrogens is 1. The lowest BCUT2D eigenvalue weighted by Gasteiger charge is -2.37. The fourth-order valence-corrected chi connectivity index (χ4v) is 2.32. The first-order valence-electron chi connectivity index (χ1n) is 5.58. The number of amides is 2. The smallest absolute Gasteiger partial charge is 0.263 e. The predicted molar refractivity (Wildman–Crippen MR) is 59.1 cm³/mol. The van der Waals surface area contributed by atoms with Gasteiger partial charge in [0.15, 0.2) is 0 Å². The quantitative estimate of drug-likeness (QED) is 0.618. The SMILES string of the molecule is CCC1(c2ccncc2)CCC(=O)N(O)C1=O. The van der Waals surface area contributed by atoms with Crippen LogP contribution in [0.15, 0.2) is 24.5 Å². The Balaban J connectivity index is 2.45. The van der Waals surface area contributed by atoms with Crippen molar-refractivity contribution in [2.75, 3.05) is 0 Å². The molecule has 1 aliphatic rings. The van der Waals surface area contributed by atoms with Crippen LogP contribution >= 0.6 is 0 Å². The number of hydroxylamine groups is 2. The predicted octanol–water partition coefficient (Wildman–Crippen LogP) is 1.27. The van der Waals surface area contributed by atoms with Gasteiger partial charge in [-0.1, -0.05) is 6.92 Å². The van der Waals surface area contributed by atoms with E-state index in [0.717, 1.165) is 5.56 Å². The molecule has 0 radical (unpaired) electrons. The van der Waals surface area contributed by atoms with Gasteiger partial charge in [-0.3, -0.25) is 19.8 Å². The third-order valence-corrected chi connectivity index (χ3v) is 3.44. The van der Waals surface area contributed by atoms with E-state index in [1.165, 1.54) is 0 Å². The third kappa shape index (κ3) is 1.72. The molecule has 1 aromatic heterocycles. The first-order chi connectivity index (χ1) is 8.12. The molecule has 17 heavy (non-hydrogen) atoms. The van der Waals surface area contributed by atoms with Crippen LogP contribution in [0.1, 0.15) is 31.7 Å². The largest absolute Gasteiger partial charge is 0.278 e. The summed E-state index contributed by atoms with van der Waals surface area (Å²) in [5, 5.41) is 9.75. The standard InChI is InChI=1S/C12H14N2O3/c1-2-12(9-4-7-13-8-5-9)6-3-10(15)14(17)11(12)16/h4-5,7-8,17H,2-3,6H2,1H3. The molecule has 0 aromatic carbocycles. The van der Waals surface area contributed by atoms with E-state index < -0.39 is 17.2 Å². The number of hydrogen-bond acceptors (Lipinski definition) is 4. The fraction of sp³-hybridized carbons (Fsp3) is 0.417. The Bertz CT molecular complexity index is 446. The van der Waals surface area contributed by atoms with Gasteiger partial charge in [-0.25, -0.2) is 0 Å². The average molecular weight is 234 g/mol. The van der Waals surface area contributed by atoms with Crippen LogP contribution in [0.3, 0.4) is 0 Å². The Morgan fingerprint density at radius 2 is 2.06 bits per heavy atom.